The van der Waals surface area contributed by atoms with Crippen molar-refractivity contribution >= 4 is 11.6 Å². The Kier molecular flexibility index (Phi) is 6.16. The smallest absolute Gasteiger partial charge is 0.256 e. The topological polar surface area (TPSA) is 38.7 Å². The molecule has 0 aliphatic heterocycles. The van der Waals surface area contributed by atoms with Gasteiger partial charge in [0, 0.05) is 24.2 Å². The predicted molar refractivity (Wildman–Crippen MR) is 71.6 cm³/mol. The summed E-state index contributed by atoms with van der Waals surface area (Å²) in [6, 6.07) is 1.12. The summed E-state index contributed by atoms with van der Waals surface area (Å²) in [4.78, 5) is 9.99. The second kappa shape index (κ2) is 7.44. The maximum atomic E-state index is 12.5. The van der Waals surface area contributed by atoms with Crippen molar-refractivity contribution in [2.75, 3.05) is 0 Å². The Hall–Kier alpha value is -1.83. The van der Waals surface area contributed by atoms with Gasteiger partial charge in [-0.3, -0.25) is 4.98 Å². The van der Waals surface area contributed by atoms with Gasteiger partial charge >= 0.3 is 6.18 Å². The Bertz CT molecular complexity index is 614. The van der Waals surface area contributed by atoms with E-state index < -0.39 is 24.0 Å². The van der Waals surface area contributed by atoms with E-state index in [1.165, 1.54) is 0 Å². The molecule has 0 saturated heterocycles. The van der Waals surface area contributed by atoms with E-state index in [0.29, 0.717) is 0 Å². The van der Waals surface area contributed by atoms with Crippen LogP contribution >= 0.6 is 11.6 Å². The lowest BCUT2D eigenvalue weighted by Crippen LogP contribution is -2.10. The van der Waals surface area contributed by atoms with E-state index in [2.05, 4.69) is 15.0 Å². The largest absolute Gasteiger partial charge is 0.451 e. The van der Waals surface area contributed by atoms with E-state index in [1.807, 2.05) is 13.8 Å². The van der Waals surface area contributed by atoms with E-state index in [0.717, 1.165) is 24.7 Å². The second-order valence-electron chi connectivity index (χ2n) is 3.68. The summed E-state index contributed by atoms with van der Waals surface area (Å²) in [6.45, 7) is 4.00. The standard InChI is InChI=1S/C11H5ClF5N3.C2H6/c12-7-1-8(18-4-6(7)9(13)14)5-2-19-10(20-3-5)11(15,16)17;1-2/h1-4,9H;1-2H3. The summed E-state index contributed by atoms with van der Waals surface area (Å²) in [5, 5.41) is -0.232. The Balaban J connectivity index is 0.00000116. The highest BCUT2D eigenvalue weighted by molar-refractivity contribution is 6.31. The first-order valence-corrected chi connectivity index (χ1v) is 6.50. The van der Waals surface area contributed by atoms with Crippen molar-refractivity contribution in [3.63, 3.8) is 0 Å². The molecule has 0 aromatic carbocycles. The quantitative estimate of drug-likeness (QED) is 0.708. The van der Waals surface area contributed by atoms with Gasteiger partial charge in [-0.25, -0.2) is 18.7 Å². The van der Waals surface area contributed by atoms with Crippen molar-refractivity contribution in [2.24, 2.45) is 0 Å². The Labute approximate surface area is 128 Å². The van der Waals surface area contributed by atoms with Crippen LogP contribution in [0.25, 0.3) is 11.3 Å². The minimum atomic E-state index is -4.65. The molecule has 0 aliphatic carbocycles. The van der Waals surface area contributed by atoms with Crippen LogP contribution in [0.5, 0.6) is 0 Å². The normalized spacial score (nSPS) is 11.1. The monoisotopic (exact) mass is 339 g/mol. The van der Waals surface area contributed by atoms with Gasteiger partial charge in [-0.15, -0.1) is 0 Å². The molecule has 0 spiro atoms. The molecular weight excluding hydrogens is 329 g/mol. The van der Waals surface area contributed by atoms with Gasteiger partial charge in [-0.05, 0) is 6.07 Å². The Morgan fingerprint density at radius 3 is 1.95 bits per heavy atom. The van der Waals surface area contributed by atoms with Crippen molar-refractivity contribution in [1.29, 1.82) is 0 Å². The summed E-state index contributed by atoms with van der Waals surface area (Å²) < 4.78 is 61.8. The van der Waals surface area contributed by atoms with Crippen molar-refractivity contribution in [2.45, 2.75) is 26.4 Å². The molecule has 2 aromatic rings. The highest BCUT2D eigenvalue weighted by Gasteiger charge is 2.34. The number of aromatic nitrogens is 3. The van der Waals surface area contributed by atoms with E-state index in [4.69, 9.17) is 11.6 Å². The summed E-state index contributed by atoms with van der Waals surface area (Å²) in [6.07, 6.45) is -4.77. The third-order valence-corrected chi connectivity index (χ3v) is 2.65. The average molecular weight is 340 g/mol. The predicted octanol–water partition coefficient (Wildman–Crippen LogP) is 5.17. The van der Waals surface area contributed by atoms with Crippen molar-refractivity contribution in [3.8, 4) is 11.3 Å². The van der Waals surface area contributed by atoms with Crippen molar-refractivity contribution in [1.82, 2.24) is 15.0 Å². The van der Waals surface area contributed by atoms with Gasteiger partial charge in [0.05, 0.1) is 16.3 Å². The van der Waals surface area contributed by atoms with Gasteiger partial charge in [-0.2, -0.15) is 13.2 Å². The molecule has 0 amide bonds. The molecule has 22 heavy (non-hydrogen) atoms. The molecule has 0 atom stereocenters. The maximum absolute atomic E-state index is 12.5. The van der Waals surface area contributed by atoms with Crippen LogP contribution in [0.2, 0.25) is 5.02 Å². The van der Waals surface area contributed by atoms with Crippen LogP contribution in [0.15, 0.2) is 24.7 Å². The van der Waals surface area contributed by atoms with Crippen LogP contribution in [0.3, 0.4) is 0 Å². The molecule has 9 heteroatoms. The zero-order valence-corrected chi connectivity index (χ0v) is 12.3. The zero-order valence-electron chi connectivity index (χ0n) is 11.5. The third kappa shape index (κ3) is 4.33. The minimum absolute atomic E-state index is 0.105. The molecule has 2 rings (SSSR count). The molecule has 3 nitrogen and oxygen atoms in total. The van der Waals surface area contributed by atoms with Crippen LogP contribution < -0.4 is 0 Å². The molecule has 120 valence electrons. The van der Waals surface area contributed by atoms with Crippen molar-refractivity contribution in [3.05, 3.63) is 41.1 Å². The first kappa shape index (κ1) is 18.2. The third-order valence-electron chi connectivity index (χ3n) is 2.32. The lowest BCUT2D eigenvalue weighted by atomic mass is 10.2. The molecular formula is C13H11ClF5N3. The number of rotatable bonds is 2. The Morgan fingerprint density at radius 2 is 1.55 bits per heavy atom. The van der Waals surface area contributed by atoms with Crippen LogP contribution in [0.4, 0.5) is 22.0 Å². The SMILES string of the molecule is CC.FC(F)c1cnc(-c2cnc(C(F)(F)F)nc2)cc1Cl. The van der Waals surface area contributed by atoms with E-state index >= 15 is 0 Å². The van der Waals surface area contributed by atoms with Gasteiger partial charge in [0.2, 0.25) is 5.82 Å². The molecule has 0 bridgehead atoms. The van der Waals surface area contributed by atoms with Crippen LogP contribution in [0, 0.1) is 0 Å². The molecule has 0 aliphatic rings. The fraction of sp³-hybridized carbons (Fsp3) is 0.308. The second-order valence-corrected chi connectivity index (χ2v) is 4.09. The van der Waals surface area contributed by atoms with Crippen LogP contribution in [-0.4, -0.2) is 15.0 Å². The maximum Gasteiger partial charge on any atom is 0.451 e. The summed E-state index contributed by atoms with van der Waals surface area (Å²) >= 11 is 5.64. The van der Waals surface area contributed by atoms with Gasteiger partial charge < -0.3 is 0 Å². The molecule has 2 aromatic heterocycles. The molecule has 0 unspecified atom stereocenters. The van der Waals surface area contributed by atoms with Gasteiger partial charge in [0.25, 0.3) is 6.43 Å². The number of hydrogen-bond donors (Lipinski definition) is 0. The summed E-state index contributed by atoms with van der Waals surface area (Å²) in [7, 11) is 0. The number of hydrogen-bond acceptors (Lipinski definition) is 3. The first-order chi connectivity index (χ1) is 10.3. The fourth-order valence-corrected chi connectivity index (χ4v) is 1.60. The highest BCUT2D eigenvalue weighted by atomic mass is 35.5. The molecule has 0 fully saturated rings. The highest BCUT2D eigenvalue weighted by Crippen LogP contribution is 2.30. The van der Waals surface area contributed by atoms with Crippen molar-refractivity contribution < 1.29 is 22.0 Å². The number of halogens is 6. The van der Waals surface area contributed by atoms with Gasteiger partial charge in [-0.1, -0.05) is 25.4 Å². The average Bonchev–Trinajstić information content (AvgIpc) is 2.48. The van der Waals surface area contributed by atoms with E-state index in [9.17, 15) is 22.0 Å². The van der Waals surface area contributed by atoms with Gasteiger partial charge in [0.15, 0.2) is 0 Å². The number of pyridine rings is 1. The molecule has 2 heterocycles. The van der Waals surface area contributed by atoms with Crippen LogP contribution in [-0.2, 0) is 6.18 Å². The van der Waals surface area contributed by atoms with Gasteiger partial charge in [0.1, 0.15) is 0 Å². The molecule has 0 N–H and O–H groups in total. The fourth-order valence-electron chi connectivity index (χ4n) is 1.37. The lowest BCUT2D eigenvalue weighted by Gasteiger charge is -2.07. The number of alkyl halides is 5. The molecule has 0 radical (unpaired) electrons. The van der Waals surface area contributed by atoms with Crippen LogP contribution in [0.1, 0.15) is 31.7 Å². The zero-order chi connectivity index (χ0) is 16.9. The minimum Gasteiger partial charge on any atom is -0.256 e. The summed E-state index contributed by atoms with van der Waals surface area (Å²) in [5.74, 6) is -1.29. The number of nitrogens with zero attached hydrogens (tertiary/aromatic N) is 3. The Morgan fingerprint density at radius 1 is 1.00 bits per heavy atom. The van der Waals surface area contributed by atoms with E-state index in [1.54, 1.807) is 0 Å². The molecule has 0 saturated carbocycles. The lowest BCUT2D eigenvalue weighted by molar-refractivity contribution is -0.144. The first-order valence-electron chi connectivity index (χ1n) is 6.12. The summed E-state index contributed by atoms with van der Waals surface area (Å²) in [5.41, 5.74) is -0.211. The van der Waals surface area contributed by atoms with E-state index in [-0.39, 0.29) is 16.3 Å².